The summed E-state index contributed by atoms with van der Waals surface area (Å²) in [6.07, 6.45) is 2.21. The number of nitrogens with one attached hydrogen (secondary N) is 1. The molecule has 0 aliphatic carbocycles. The summed E-state index contributed by atoms with van der Waals surface area (Å²) >= 11 is 3.43. The van der Waals surface area contributed by atoms with Gasteiger partial charge in [-0.05, 0) is 24.6 Å². The smallest absolute Gasteiger partial charge is 0.152 e. The van der Waals surface area contributed by atoms with Crippen molar-refractivity contribution < 1.29 is 8.42 Å². The second-order valence-electron chi connectivity index (χ2n) is 4.99. The fourth-order valence-electron chi connectivity index (χ4n) is 2.45. The molecule has 0 bridgehead atoms. The van der Waals surface area contributed by atoms with Gasteiger partial charge in [0, 0.05) is 15.9 Å². The first-order chi connectivity index (χ1) is 9.44. The summed E-state index contributed by atoms with van der Waals surface area (Å²) in [4.78, 5) is 4.28. The van der Waals surface area contributed by atoms with E-state index >= 15 is 0 Å². The number of benzene rings is 1. The zero-order chi connectivity index (χ0) is 14.3. The van der Waals surface area contributed by atoms with Gasteiger partial charge in [-0.15, -0.1) is 0 Å². The highest BCUT2D eigenvalue weighted by molar-refractivity contribution is 9.10. The quantitative estimate of drug-likeness (QED) is 0.862. The Bertz CT molecular complexity index is 771. The molecule has 1 fully saturated rings. The van der Waals surface area contributed by atoms with Gasteiger partial charge < -0.3 is 11.1 Å². The van der Waals surface area contributed by atoms with E-state index in [4.69, 9.17) is 5.73 Å². The molecular formula is C13H14BrN3O2S. The molecule has 0 saturated carbocycles. The lowest BCUT2D eigenvalue weighted by atomic mass is 10.1. The number of halogens is 1. The number of pyridine rings is 1. The monoisotopic (exact) mass is 355 g/mol. The van der Waals surface area contributed by atoms with Crippen LogP contribution in [0.15, 0.2) is 28.9 Å². The fourth-order valence-corrected chi connectivity index (χ4v) is 4.49. The van der Waals surface area contributed by atoms with Gasteiger partial charge in [0.2, 0.25) is 0 Å². The van der Waals surface area contributed by atoms with Crippen LogP contribution in [0.4, 0.5) is 11.4 Å². The molecule has 1 aliphatic heterocycles. The number of rotatable bonds is 2. The largest absolute Gasteiger partial charge is 0.396 e. The highest BCUT2D eigenvalue weighted by atomic mass is 79.9. The van der Waals surface area contributed by atoms with Crippen LogP contribution in [0, 0.1) is 0 Å². The van der Waals surface area contributed by atoms with Gasteiger partial charge in [0.1, 0.15) is 0 Å². The van der Waals surface area contributed by atoms with Crippen molar-refractivity contribution in [3.8, 4) is 0 Å². The van der Waals surface area contributed by atoms with E-state index in [1.807, 2.05) is 18.2 Å². The Balaban J connectivity index is 2.02. The van der Waals surface area contributed by atoms with E-state index in [0.29, 0.717) is 12.1 Å². The molecule has 2 heterocycles. The summed E-state index contributed by atoms with van der Waals surface area (Å²) in [6, 6.07) is 5.65. The molecule has 1 aromatic heterocycles. The zero-order valence-electron chi connectivity index (χ0n) is 10.6. The molecule has 1 aromatic carbocycles. The molecule has 1 unspecified atom stereocenters. The molecule has 0 amide bonds. The summed E-state index contributed by atoms with van der Waals surface area (Å²) in [5.41, 5.74) is 8.11. The molecule has 7 heteroatoms. The molecule has 0 radical (unpaired) electrons. The topological polar surface area (TPSA) is 85.1 Å². The molecule has 20 heavy (non-hydrogen) atoms. The fraction of sp³-hybridized carbons (Fsp3) is 0.308. The van der Waals surface area contributed by atoms with Crippen molar-refractivity contribution in [3.05, 3.63) is 28.9 Å². The SMILES string of the molecule is Nc1cnc2ccc(Br)cc2c1NC1CCS(=O)(=O)C1. The normalized spacial score (nSPS) is 21.1. The number of sulfone groups is 1. The number of nitrogens with two attached hydrogens (primary N) is 1. The summed E-state index contributed by atoms with van der Waals surface area (Å²) < 4.78 is 24.0. The van der Waals surface area contributed by atoms with E-state index < -0.39 is 9.84 Å². The Morgan fingerprint density at radius 2 is 2.20 bits per heavy atom. The molecule has 1 atom stereocenters. The third-order valence-electron chi connectivity index (χ3n) is 3.44. The van der Waals surface area contributed by atoms with Gasteiger partial charge in [-0.2, -0.15) is 0 Å². The first-order valence-electron chi connectivity index (χ1n) is 6.25. The molecule has 1 aliphatic rings. The summed E-state index contributed by atoms with van der Waals surface area (Å²) in [7, 11) is -2.92. The van der Waals surface area contributed by atoms with Crippen LogP contribution in [0.2, 0.25) is 0 Å². The van der Waals surface area contributed by atoms with Gasteiger partial charge in [-0.3, -0.25) is 4.98 Å². The van der Waals surface area contributed by atoms with Crippen molar-refractivity contribution in [2.75, 3.05) is 22.6 Å². The summed E-state index contributed by atoms with van der Waals surface area (Å²) in [6.45, 7) is 0. The molecule has 0 spiro atoms. The first kappa shape index (κ1) is 13.6. The lowest BCUT2D eigenvalue weighted by Crippen LogP contribution is -2.21. The number of hydrogen-bond acceptors (Lipinski definition) is 5. The summed E-state index contributed by atoms with van der Waals surface area (Å²) in [5.74, 6) is 0.390. The Morgan fingerprint density at radius 1 is 1.40 bits per heavy atom. The van der Waals surface area contributed by atoms with Crippen LogP contribution >= 0.6 is 15.9 Å². The highest BCUT2D eigenvalue weighted by Gasteiger charge is 2.28. The maximum absolute atomic E-state index is 11.5. The number of aromatic nitrogens is 1. The van der Waals surface area contributed by atoms with Crippen molar-refractivity contribution in [2.24, 2.45) is 0 Å². The molecule has 2 aromatic rings. The van der Waals surface area contributed by atoms with E-state index in [-0.39, 0.29) is 17.5 Å². The van der Waals surface area contributed by atoms with E-state index in [2.05, 4.69) is 26.2 Å². The Labute approximate surface area is 125 Å². The number of nitrogen functional groups attached to an aromatic ring is 1. The lowest BCUT2D eigenvalue weighted by molar-refractivity contribution is 0.602. The molecular weight excluding hydrogens is 342 g/mol. The standard InChI is InChI=1S/C13H14BrN3O2S/c14-8-1-2-12-10(5-8)13(11(15)6-16-12)17-9-3-4-20(18,19)7-9/h1-2,5-6,9H,3-4,7,15H2,(H,16,17). The maximum Gasteiger partial charge on any atom is 0.152 e. The minimum Gasteiger partial charge on any atom is -0.396 e. The van der Waals surface area contributed by atoms with Crippen LogP contribution in [0.5, 0.6) is 0 Å². The Hall–Kier alpha value is -1.34. The summed E-state index contributed by atoms with van der Waals surface area (Å²) in [5, 5.41) is 4.16. The highest BCUT2D eigenvalue weighted by Crippen LogP contribution is 2.31. The predicted octanol–water partition coefficient (Wildman–Crippen LogP) is 2.18. The van der Waals surface area contributed by atoms with Crippen molar-refractivity contribution >= 4 is 48.0 Å². The zero-order valence-corrected chi connectivity index (χ0v) is 13.0. The lowest BCUT2D eigenvalue weighted by Gasteiger charge is -2.16. The number of fused-ring (bicyclic) bond motifs is 1. The molecule has 1 saturated heterocycles. The third kappa shape index (κ3) is 2.60. The van der Waals surface area contributed by atoms with E-state index in [0.717, 1.165) is 21.1 Å². The maximum atomic E-state index is 11.5. The molecule has 3 rings (SSSR count). The van der Waals surface area contributed by atoms with Crippen LogP contribution in [0.3, 0.4) is 0 Å². The van der Waals surface area contributed by atoms with Crippen LogP contribution in [0.1, 0.15) is 6.42 Å². The third-order valence-corrected chi connectivity index (χ3v) is 5.70. The van der Waals surface area contributed by atoms with E-state index in [9.17, 15) is 8.42 Å². The molecule has 3 N–H and O–H groups in total. The van der Waals surface area contributed by atoms with Gasteiger partial charge in [0.15, 0.2) is 9.84 Å². The van der Waals surface area contributed by atoms with Gasteiger partial charge in [0.25, 0.3) is 0 Å². The van der Waals surface area contributed by atoms with Crippen LogP contribution < -0.4 is 11.1 Å². The molecule has 106 valence electrons. The van der Waals surface area contributed by atoms with Crippen molar-refractivity contribution in [2.45, 2.75) is 12.5 Å². The van der Waals surface area contributed by atoms with Gasteiger partial charge >= 0.3 is 0 Å². The minimum absolute atomic E-state index is 0.0909. The van der Waals surface area contributed by atoms with Crippen LogP contribution in [-0.4, -0.2) is 30.9 Å². The second kappa shape index (κ2) is 4.89. The number of nitrogens with zero attached hydrogens (tertiary/aromatic N) is 1. The molecule has 5 nitrogen and oxygen atoms in total. The first-order valence-corrected chi connectivity index (χ1v) is 8.87. The predicted molar refractivity (Wildman–Crippen MR) is 84.5 cm³/mol. The number of hydrogen-bond donors (Lipinski definition) is 2. The Kier molecular flexibility index (Phi) is 3.33. The minimum atomic E-state index is -2.92. The van der Waals surface area contributed by atoms with E-state index in [1.165, 1.54) is 0 Å². The van der Waals surface area contributed by atoms with Crippen molar-refractivity contribution in [1.82, 2.24) is 4.98 Å². The van der Waals surface area contributed by atoms with Crippen LogP contribution in [-0.2, 0) is 9.84 Å². The average molecular weight is 356 g/mol. The average Bonchev–Trinajstić information content (AvgIpc) is 2.72. The van der Waals surface area contributed by atoms with Gasteiger partial charge in [-0.25, -0.2) is 8.42 Å². The van der Waals surface area contributed by atoms with Crippen molar-refractivity contribution in [1.29, 1.82) is 0 Å². The van der Waals surface area contributed by atoms with Crippen molar-refractivity contribution in [3.63, 3.8) is 0 Å². The Morgan fingerprint density at radius 3 is 2.90 bits per heavy atom. The number of anilines is 2. The van der Waals surface area contributed by atoms with Gasteiger partial charge in [-0.1, -0.05) is 15.9 Å². The van der Waals surface area contributed by atoms with E-state index in [1.54, 1.807) is 6.20 Å². The second-order valence-corrected chi connectivity index (χ2v) is 8.14. The van der Waals surface area contributed by atoms with Gasteiger partial charge in [0.05, 0.1) is 34.6 Å². The van der Waals surface area contributed by atoms with Crippen LogP contribution in [0.25, 0.3) is 10.9 Å².